The maximum absolute atomic E-state index is 12.9. The molecular weight excluding hydrogens is 343 g/mol. The van der Waals surface area contributed by atoms with Crippen LogP contribution in [-0.2, 0) is 10.0 Å². The van der Waals surface area contributed by atoms with E-state index in [1.54, 1.807) is 0 Å². The lowest BCUT2D eigenvalue weighted by Crippen LogP contribution is -2.33. The van der Waals surface area contributed by atoms with Crippen LogP contribution in [0.3, 0.4) is 0 Å². The molecule has 2 aromatic carbocycles. The fraction of sp³-hybridized carbons (Fsp3) is 0.278. The molecule has 3 rings (SSSR count). The van der Waals surface area contributed by atoms with Crippen LogP contribution in [0.15, 0.2) is 53.4 Å². The third-order valence-corrected chi connectivity index (χ3v) is 5.61. The van der Waals surface area contributed by atoms with Crippen LogP contribution >= 0.6 is 0 Å². The third-order valence-electron chi connectivity index (χ3n) is 4.21. The Bertz CT molecular complexity index is 860. The number of hydrogen-bond donors (Lipinski definition) is 2. The van der Waals surface area contributed by atoms with Gasteiger partial charge in [0, 0.05) is 17.3 Å². The first-order chi connectivity index (χ1) is 11.8. The van der Waals surface area contributed by atoms with E-state index in [1.807, 2.05) is 6.92 Å². The lowest BCUT2D eigenvalue weighted by atomic mass is 10.1. The van der Waals surface area contributed by atoms with Crippen molar-refractivity contribution in [2.75, 3.05) is 4.72 Å². The Labute approximate surface area is 146 Å². The average molecular weight is 362 g/mol. The minimum absolute atomic E-state index is 0.0311. The van der Waals surface area contributed by atoms with Crippen LogP contribution < -0.4 is 10.0 Å². The molecule has 132 valence electrons. The van der Waals surface area contributed by atoms with Crippen molar-refractivity contribution in [3.05, 3.63) is 59.9 Å². The molecule has 0 bridgehead atoms. The predicted molar refractivity (Wildman–Crippen MR) is 93.3 cm³/mol. The number of anilines is 1. The number of halogens is 1. The Kier molecular flexibility index (Phi) is 4.76. The molecule has 0 aromatic heterocycles. The van der Waals surface area contributed by atoms with Gasteiger partial charge in [-0.05, 0) is 74.2 Å². The summed E-state index contributed by atoms with van der Waals surface area (Å²) in [5.41, 5.74) is 0.676. The van der Waals surface area contributed by atoms with Crippen molar-refractivity contribution < 1.29 is 17.6 Å². The molecule has 1 amide bonds. The third kappa shape index (κ3) is 4.36. The Morgan fingerprint density at radius 1 is 1.08 bits per heavy atom. The van der Waals surface area contributed by atoms with Gasteiger partial charge in [-0.15, -0.1) is 0 Å². The van der Waals surface area contributed by atoms with Crippen molar-refractivity contribution in [1.82, 2.24) is 5.32 Å². The van der Waals surface area contributed by atoms with E-state index in [0.717, 1.165) is 12.8 Å². The molecule has 1 unspecified atom stereocenters. The molecule has 1 fully saturated rings. The highest BCUT2D eigenvalue weighted by molar-refractivity contribution is 7.92. The van der Waals surface area contributed by atoms with E-state index >= 15 is 0 Å². The molecule has 1 saturated carbocycles. The van der Waals surface area contributed by atoms with E-state index in [-0.39, 0.29) is 22.5 Å². The second-order valence-corrected chi connectivity index (χ2v) is 7.92. The van der Waals surface area contributed by atoms with Crippen LogP contribution in [0.1, 0.15) is 30.1 Å². The van der Waals surface area contributed by atoms with Gasteiger partial charge in [0.25, 0.3) is 15.9 Å². The monoisotopic (exact) mass is 362 g/mol. The molecule has 0 saturated heterocycles. The summed E-state index contributed by atoms with van der Waals surface area (Å²) in [5.74, 6) is -0.114. The van der Waals surface area contributed by atoms with Crippen LogP contribution in [0.5, 0.6) is 0 Å². The number of carbonyl (C=O) groups excluding carboxylic acids is 1. The second-order valence-electron chi connectivity index (χ2n) is 6.24. The van der Waals surface area contributed by atoms with E-state index in [9.17, 15) is 17.6 Å². The van der Waals surface area contributed by atoms with E-state index in [0.29, 0.717) is 11.5 Å². The molecule has 5 nitrogen and oxygen atoms in total. The largest absolute Gasteiger partial charge is 0.349 e. The molecule has 0 spiro atoms. The van der Waals surface area contributed by atoms with Crippen LogP contribution in [-0.4, -0.2) is 20.4 Å². The van der Waals surface area contributed by atoms with Gasteiger partial charge in [0.2, 0.25) is 0 Å². The van der Waals surface area contributed by atoms with Gasteiger partial charge in [-0.3, -0.25) is 9.52 Å². The summed E-state index contributed by atoms with van der Waals surface area (Å²) >= 11 is 0. The zero-order chi connectivity index (χ0) is 18.0. The molecule has 25 heavy (non-hydrogen) atoms. The minimum Gasteiger partial charge on any atom is -0.349 e. The average Bonchev–Trinajstić information content (AvgIpc) is 3.42. The fourth-order valence-corrected chi connectivity index (χ4v) is 3.58. The molecule has 0 radical (unpaired) electrons. The molecule has 1 atom stereocenters. The minimum atomic E-state index is -3.80. The summed E-state index contributed by atoms with van der Waals surface area (Å²) in [6.07, 6.45) is 2.27. The quantitative estimate of drug-likeness (QED) is 0.829. The highest BCUT2D eigenvalue weighted by atomic mass is 32.2. The lowest BCUT2D eigenvalue weighted by molar-refractivity contribution is 0.0935. The number of carbonyl (C=O) groups is 1. The van der Waals surface area contributed by atoms with Crippen molar-refractivity contribution in [3.63, 3.8) is 0 Å². The molecule has 2 N–H and O–H groups in total. The lowest BCUT2D eigenvalue weighted by Gasteiger charge is -2.13. The predicted octanol–water partition coefficient (Wildman–Crippen LogP) is 3.15. The number of amides is 1. The highest BCUT2D eigenvalue weighted by Crippen LogP contribution is 2.32. The SMILES string of the molecule is CC(NC(=O)c1ccc(S(=O)(=O)Nc2ccc(F)cc2)cc1)C1CC1. The van der Waals surface area contributed by atoms with E-state index in [1.165, 1.54) is 48.5 Å². The molecule has 0 aliphatic heterocycles. The smallest absolute Gasteiger partial charge is 0.261 e. The van der Waals surface area contributed by atoms with Crippen LogP contribution in [0.25, 0.3) is 0 Å². The molecule has 2 aromatic rings. The Balaban J connectivity index is 1.69. The summed E-state index contributed by atoms with van der Waals surface area (Å²) in [5, 5.41) is 2.92. The van der Waals surface area contributed by atoms with Gasteiger partial charge >= 0.3 is 0 Å². The number of sulfonamides is 1. The summed E-state index contributed by atoms with van der Waals surface area (Å²) in [7, 11) is -3.80. The normalized spacial score (nSPS) is 15.4. The van der Waals surface area contributed by atoms with Gasteiger partial charge in [0.05, 0.1) is 4.90 Å². The number of nitrogens with one attached hydrogen (secondary N) is 2. The first-order valence-electron chi connectivity index (χ1n) is 8.04. The number of hydrogen-bond acceptors (Lipinski definition) is 3. The zero-order valence-corrected chi connectivity index (χ0v) is 14.5. The summed E-state index contributed by atoms with van der Waals surface area (Å²) in [4.78, 5) is 12.2. The first-order valence-corrected chi connectivity index (χ1v) is 9.53. The van der Waals surface area contributed by atoms with Crippen LogP contribution in [0, 0.1) is 11.7 Å². The zero-order valence-electron chi connectivity index (χ0n) is 13.7. The highest BCUT2D eigenvalue weighted by Gasteiger charge is 2.29. The maximum Gasteiger partial charge on any atom is 0.261 e. The van der Waals surface area contributed by atoms with Gasteiger partial charge in [-0.2, -0.15) is 0 Å². The van der Waals surface area contributed by atoms with Gasteiger partial charge in [0.1, 0.15) is 5.82 Å². The Morgan fingerprint density at radius 2 is 1.68 bits per heavy atom. The number of rotatable bonds is 6. The standard InChI is InChI=1S/C18H19FN2O3S/c1-12(13-2-3-13)20-18(22)14-4-10-17(11-5-14)25(23,24)21-16-8-6-15(19)7-9-16/h4-13,21H,2-3H2,1H3,(H,20,22). The second kappa shape index (κ2) is 6.84. The van der Waals surface area contributed by atoms with Gasteiger partial charge < -0.3 is 5.32 Å². The molecular formula is C18H19FN2O3S. The van der Waals surface area contributed by atoms with Crippen molar-refractivity contribution >= 4 is 21.6 Å². The maximum atomic E-state index is 12.9. The van der Waals surface area contributed by atoms with E-state index in [2.05, 4.69) is 10.0 Å². The van der Waals surface area contributed by atoms with Crippen molar-refractivity contribution in [2.45, 2.75) is 30.7 Å². The van der Waals surface area contributed by atoms with Crippen molar-refractivity contribution in [2.24, 2.45) is 5.92 Å². The summed E-state index contributed by atoms with van der Waals surface area (Å²) < 4.78 is 39.9. The topological polar surface area (TPSA) is 75.3 Å². The first kappa shape index (κ1) is 17.4. The summed E-state index contributed by atoms with van der Waals surface area (Å²) in [6.45, 7) is 1.97. The molecule has 1 aliphatic carbocycles. The van der Waals surface area contributed by atoms with Gasteiger partial charge in [-0.25, -0.2) is 12.8 Å². The number of benzene rings is 2. The summed E-state index contributed by atoms with van der Waals surface area (Å²) in [6, 6.07) is 10.9. The van der Waals surface area contributed by atoms with Crippen LogP contribution in [0.2, 0.25) is 0 Å². The van der Waals surface area contributed by atoms with E-state index in [4.69, 9.17) is 0 Å². The molecule has 1 aliphatic rings. The Morgan fingerprint density at radius 3 is 2.24 bits per heavy atom. The van der Waals surface area contributed by atoms with E-state index < -0.39 is 15.8 Å². The van der Waals surface area contributed by atoms with Gasteiger partial charge in [0.15, 0.2) is 0 Å². The fourth-order valence-electron chi connectivity index (χ4n) is 2.52. The molecule has 7 heteroatoms. The Hall–Kier alpha value is -2.41. The van der Waals surface area contributed by atoms with Crippen molar-refractivity contribution in [1.29, 1.82) is 0 Å². The van der Waals surface area contributed by atoms with Gasteiger partial charge in [-0.1, -0.05) is 0 Å². The van der Waals surface area contributed by atoms with Crippen molar-refractivity contribution in [3.8, 4) is 0 Å². The van der Waals surface area contributed by atoms with Crippen LogP contribution in [0.4, 0.5) is 10.1 Å². The molecule has 0 heterocycles.